The lowest BCUT2D eigenvalue weighted by Gasteiger charge is -2.12. The Morgan fingerprint density at radius 3 is 2.36 bits per heavy atom. The lowest BCUT2D eigenvalue weighted by Crippen LogP contribution is -2.17. The minimum atomic E-state index is -0.769. The summed E-state index contributed by atoms with van der Waals surface area (Å²) >= 11 is 1.43. The van der Waals surface area contributed by atoms with Crippen molar-refractivity contribution >= 4 is 17.7 Å². The van der Waals surface area contributed by atoms with Crippen molar-refractivity contribution in [1.82, 2.24) is 0 Å². The van der Waals surface area contributed by atoms with Crippen molar-refractivity contribution in [2.45, 2.75) is 23.8 Å². The van der Waals surface area contributed by atoms with Crippen LogP contribution in [0.5, 0.6) is 0 Å². The van der Waals surface area contributed by atoms with Gasteiger partial charge in [0.1, 0.15) is 5.25 Å². The number of benzene rings is 2. The highest BCUT2D eigenvalue weighted by Gasteiger charge is 2.17. The summed E-state index contributed by atoms with van der Waals surface area (Å²) in [5, 5.41) is 17.7. The van der Waals surface area contributed by atoms with Gasteiger partial charge in [-0.3, -0.25) is 4.79 Å². The average Bonchev–Trinajstić information content (AvgIpc) is 2.56. The van der Waals surface area contributed by atoms with Crippen molar-refractivity contribution < 1.29 is 9.90 Å². The molecule has 0 heterocycles. The van der Waals surface area contributed by atoms with Crippen LogP contribution in [0.25, 0.3) is 0 Å². The molecule has 0 saturated heterocycles. The summed E-state index contributed by atoms with van der Waals surface area (Å²) in [5.74, 6) is -0.133. The number of aliphatic carboxylic acids is 1. The normalized spacial score (nSPS) is 11.6. The summed E-state index contributed by atoms with van der Waals surface area (Å²) < 4.78 is 0. The summed E-state index contributed by atoms with van der Waals surface area (Å²) in [6.45, 7) is 0. The van der Waals surface area contributed by atoms with E-state index in [1.165, 1.54) is 11.8 Å². The Morgan fingerprint density at radius 2 is 1.77 bits per heavy atom. The molecule has 4 heteroatoms. The first-order valence-electron chi connectivity index (χ1n) is 7.06. The molecule has 0 spiro atoms. The quantitative estimate of drug-likeness (QED) is 0.843. The van der Waals surface area contributed by atoms with Gasteiger partial charge >= 0.3 is 5.97 Å². The Bertz CT molecular complexity index is 647. The van der Waals surface area contributed by atoms with Crippen molar-refractivity contribution in [2.24, 2.45) is 0 Å². The predicted octanol–water partition coefficient (Wildman–Crippen LogP) is 3.88. The third kappa shape index (κ3) is 4.94. The first-order chi connectivity index (χ1) is 10.7. The van der Waals surface area contributed by atoms with Crippen LogP contribution >= 0.6 is 11.8 Å². The molecule has 2 rings (SSSR count). The molecule has 1 unspecified atom stereocenters. The molecule has 0 saturated carbocycles. The van der Waals surface area contributed by atoms with Crippen LogP contribution in [0.2, 0.25) is 0 Å². The number of carboxylic acids is 1. The minimum Gasteiger partial charge on any atom is -0.480 e. The predicted molar refractivity (Wildman–Crippen MR) is 88.6 cm³/mol. The second-order valence-electron chi connectivity index (χ2n) is 4.97. The Balaban J connectivity index is 1.88. The van der Waals surface area contributed by atoms with Gasteiger partial charge < -0.3 is 5.11 Å². The van der Waals surface area contributed by atoms with E-state index < -0.39 is 11.2 Å². The lowest BCUT2D eigenvalue weighted by atomic mass is 10.1. The van der Waals surface area contributed by atoms with Crippen LogP contribution < -0.4 is 0 Å². The van der Waals surface area contributed by atoms with Gasteiger partial charge in [0.05, 0.1) is 11.6 Å². The maximum absolute atomic E-state index is 11.4. The van der Waals surface area contributed by atoms with Gasteiger partial charge in [-0.1, -0.05) is 42.5 Å². The van der Waals surface area contributed by atoms with Crippen molar-refractivity contribution in [1.29, 1.82) is 5.26 Å². The number of thioether (sulfide) groups is 1. The van der Waals surface area contributed by atoms with Crippen LogP contribution in [-0.2, 0) is 17.0 Å². The molecule has 0 bridgehead atoms. The topological polar surface area (TPSA) is 61.1 Å². The third-order valence-corrected chi connectivity index (χ3v) is 4.69. The van der Waals surface area contributed by atoms with Crippen LogP contribution in [0.1, 0.15) is 23.1 Å². The second kappa shape index (κ2) is 8.26. The van der Waals surface area contributed by atoms with Gasteiger partial charge in [0.2, 0.25) is 0 Å². The summed E-state index contributed by atoms with van der Waals surface area (Å²) in [5.41, 5.74) is 2.82. The first-order valence-corrected chi connectivity index (χ1v) is 8.11. The lowest BCUT2D eigenvalue weighted by molar-refractivity contribution is -0.136. The fraction of sp³-hybridized carbons (Fsp3) is 0.222. The Labute approximate surface area is 134 Å². The minimum absolute atomic E-state index is 0.421. The molecular weight excluding hydrogens is 294 g/mol. The number of nitriles is 1. The van der Waals surface area contributed by atoms with Gasteiger partial charge in [-0.25, -0.2) is 0 Å². The number of carbonyl (C=O) groups is 1. The summed E-state index contributed by atoms with van der Waals surface area (Å²) in [4.78, 5) is 11.4. The van der Waals surface area contributed by atoms with Gasteiger partial charge in [0, 0.05) is 5.75 Å². The molecule has 1 N–H and O–H groups in total. The van der Waals surface area contributed by atoms with Crippen LogP contribution in [0.3, 0.4) is 0 Å². The summed E-state index contributed by atoms with van der Waals surface area (Å²) in [6, 6.07) is 19.3. The summed E-state index contributed by atoms with van der Waals surface area (Å²) in [7, 11) is 0. The molecule has 2 aromatic rings. The van der Waals surface area contributed by atoms with Crippen LogP contribution in [0, 0.1) is 11.3 Å². The van der Waals surface area contributed by atoms with Crippen molar-refractivity contribution in [3.8, 4) is 6.07 Å². The molecule has 0 aromatic heterocycles. The van der Waals surface area contributed by atoms with E-state index in [9.17, 15) is 9.90 Å². The fourth-order valence-electron chi connectivity index (χ4n) is 2.09. The third-order valence-electron chi connectivity index (χ3n) is 3.35. The Hall–Kier alpha value is -2.25. The van der Waals surface area contributed by atoms with Crippen LogP contribution in [0.4, 0.5) is 0 Å². The molecular formula is C18H17NO2S. The van der Waals surface area contributed by atoms with E-state index in [1.54, 1.807) is 12.1 Å². The van der Waals surface area contributed by atoms with E-state index in [0.717, 1.165) is 17.5 Å². The highest BCUT2D eigenvalue weighted by molar-refractivity contribution is 7.99. The number of nitrogens with zero attached hydrogens (tertiary/aromatic N) is 1. The molecule has 2 aromatic carbocycles. The smallest absolute Gasteiger partial charge is 0.316 e. The van der Waals surface area contributed by atoms with Crippen molar-refractivity contribution in [2.75, 3.05) is 0 Å². The highest BCUT2D eigenvalue weighted by atomic mass is 32.2. The Morgan fingerprint density at radius 1 is 1.09 bits per heavy atom. The zero-order chi connectivity index (χ0) is 15.8. The van der Waals surface area contributed by atoms with E-state index in [4.69, 9.17) is 5.26 Å². The number of hydrogen-bond acceptors (Lipinski definition) is 3. The van der Waals surface area contributed by atoms with Gasteiger partial charge in [-0.2, -0.15) is 5.26 Å². The van der Waals surface area contributed by atoms with E-state index in [2.05, 4.69) is 6.07 Å². The molecule has 0 aliphatic rings. The maximum atomic E-state index is 11.4. The van der Waals surface area contributed by atoms with E-state index >= 15 is 0 Å². The number of aryl methyl sites for hydroxylation is 1. The number of hydrogen-bond donors (Lipinski definition) is 1. The Kier molecular flexibility index (Phi) is 6.05. The largest absolute Gasteiger partial charge is 0.480 e. The zero-order valence-electron chi connectivity index (χ0n) is 12.1. The highest BCUT2D eigenvalue weighted by Crippen LogP contribution is 2.22. The van der Waals surface area contributed by atoms with Crippen LogP contribution in [-0.4, -0.2) is 16.3 Å². The molecule has 22 heavy (non-hydrogen) atoms. The second-order valence-corrected chi connectivity index (χ2v) is 6.16. The molecule has 1 atom stereocenters. The molecule has 3 nitrogen and oxygen atoms in total. The fourth-order valence-corrected chi connectivity index (χ4v) is 3.11. The van der Waals surface area contributed by atoms with E-state index in [-0.39, 0.29) is 0 Å². The zero-order valence-corrected chi connectivity index (χ0v) is 12.9. The molecule has 0 aliphatic carbocycles. The van der Waals surface area contributed by atoms with Gasteiger partial charge in [0.25, 0.3) is 0 Å². The van der Waals surface area contributed by atoms with Gasteiger partial charge in [-0.05, 0) is 36.1 Å². The monoisotopic (exact) mass is 311 g/mol. The molecule has 0 amide bonds. The molecule has 0 aliphatic heterocycles. The number of rotatable bonds is 7. The van der Waals surface area contributed by atoms with Crippen molar-refractivity contribution in [3.63, 3.8) is 0 Å². The first kappa shape index (κ1) is 16.1. The van der Waals surface area contributed by atoms with E-state index in [1.807, 2.05) is 42.5 Å². The van der Waals surface area contributed by atoms with Crippen LogP contribution in [0.15, 0.2) is 54.6 Å². The maximum Gasteiger partial charge on any atom is 0.316 e. The average molecular weight is 311 g/mol. The standard InChI is InChI=1S/C18H17NO2S/c19-12-15-6-8-16(9-7-15)13-22-17(18(20)21)11-10-14-4-2-1-3-5-14/h1-9,17H,10-11,13H2,(H,20,21). The SMILES string of the molecule is N#Cc1ccc(CSC(CCc2ccccc2)C(=O)O)cc1. The molecule has 0 fully saturated rings. The van der Waals surface area contributed by atoms with Gasteiger partial charge in [0.15, 0.2) is 0 Å². The molecule has 112 valence electrons. The van der Waals surface area contributed by atoms with E-state index in [0.29, 0.717) is 17.7 Å². The van der Waals surface area contributed by atoms with Crippen molar-refractivity contribution in [3.05, 3.63) is 71.3 Å². The number of carboxylic acid groups (broad SMARTS) is 1. The van der Waals surface area contributed by atoms with Gasteiger partial charge in [-0.15, -0.1) is 11.8 Å². The molecule has 0 radical (unpaired) electrons. The summed E-state index contributed by atoms with van der Waals surface area (Å²) in [6.07, 6.45) is 1.37.